The molecule has 0 aliphatic rings. The molecule has 0 rings (SSSR count). The first-order valence-electron chi connectivity index (χ1n) is 0.974. The van der Waals surface area contributed by atoms with Crippen molar-refractivity contribution in [1.82, 2.24) is 0 Å². The summed E-state index contributed by atoms with van der Waals surface area (Å²) < 4.78 is 0. The Hall–Kier alpha value is 1.96. The van der Waals surface area contributed by atoms with Crippen LogP contribution in [0, 0.1) is 0 Å². The van der Waals surface area contributed by atoms with Gasteiger partial charge in [-0.15, -0.1) is 0 Å². The van der Waals surface area contributed by atoms with E-state index < -0.39 is 0 Å². The molecule has 0 nitrogen and oxygen atoms in total. The monoisotopic (exact) mass is 196 g/mol. The Morgan fingerprint density at radius 1 is 1.75 bits per heavy atom. The van der Waals surface area contributed by atoms with Crippen LogP contribution in [0.5, 0.6) is 0 Å². The zero-order valence-electron chi connectivity index (χ0n) is 2.79. The van der Waals surface area contributed by atoms with E-state index in [1.165, 1.54) is 0 Å². The van der Waals surface area contributed by atoms with Crippen LogP contribution in [0.2, 0.25) is 0 Å². The van der Waals surface area contributed by atoms with Crippen molar-refractivity contribution in [2.24, 2.45) is 0 Å². The van der Waals surface area contributed by atoms with Gasteiger partial charge in [-0.1, -0.05) is 22.9 Å². The van der Waals surface area contributed by atoms with Gasteiger partial charge in [-0.2, -0.15) is 0 Å². The Balaban J connectivity index is 0. The van der Waals surface area contributed by atoms with Gasteiger partial charge in [0.25, 0.3) is 0 Å². The summed E-state index contributed by atoms with van der Waals surface area (Å²) in [5.74, 6) is 0. The fraction of sp³-hybridized carbons (Fsp3) is 1.00. The number of rotatable bonds is 0. The maximum atomic E-state index is 3.15. The van der Waals surface area contributed by atoms with Crippen LogP contribution in [0.1, 0.15) is 6.92 Å². The van der Waals surface area contributed by atoms with Gasteiger partial charge < -0.3 is 0 Å². The normalized spacial score (nSPS) is 4.50. The summed E-state index contributed by atoms with van der Waals surface area (Å²) in [7, 11) is 0. The first kappa shape index (κ1) is 9.35. The molecule has 0 N–H and O–H groups in total. The average Bonchev–Trinajstić information content (AvgIpc) is 0.918. The molecule has 0 amide bonds. The van der Waals surface area contributed by atoms with Crippen molar-refractivity contribution in [3.8, 4) is 0 Å². The summed E-state index contributed by atoms with van der Waals surface area (Å²) in [6.45, 7) is 2.04. The second kappa shape index (κ2) is 8.88. The molecule has 0 aliphatic carbocycles. The standard InChI is InChI=1S/C2H5Br.Sr/c1-2-3;/h2H2,1H3;/q;+2. The van der Waals surface area contributed by atoms with E-state index in [0.717, 1.165) is 5.33 Å². The van der Waals surface area contributed by atoms with Gasteiger partial charge in [-0.25, -0.2) is 0 Å². The third-order valence-electron chi connectivity index (χ3n) is 0. The topological polar surface area (TPSA) is 0 Å². The molecular formula is C2H5BrSr+2. The maximum Gasteiger partial charge on any atom is 2.00 e. The van der Waals surface area contributed by atoms with Gasteiger partial charge in [0.2, 0.25) is 0 Å². The van der Waals surface area contributed by atoms with Crippen molar-refractivity contribution < 1.29 is 0 Å². The summed E-state index contributed by atoms with van der Waals surface area (Å²) >= 11 is 3.15. The Morgan fingerprint density at radius 2 is 1.75 bits per heavy atom. The van der Waals surface area contributed by atoms with Crippen LogP contribution in [0.3, 0.4) is 0 Å². The van der Waals surface area contributed by atoms with Crippen molar-refractivity contribution >= 4 is 61.4 Å². The number of halogens is 1. The summed E-state index contributed by atoms with van der Waals surface area (Å²) in [5.41, 5.74) is 0. The molecule has 20 valence electrons. The molecule has 0 aliphatic heterocycles. The largest absolute Gasteiger partial charge is 2.00 e. The molecule has 0 spiro atoms. The van der Waals surface area contributed by atoms with Gasteiger partial charge in [-0.05, 0) is 0 Å². The molecule has 4 heavy (non-hydrogen) atoms. The number of alkyl halides is 1. The molecule has 0 saturated heterocycles. The maximum absolute atomic E-state index is 3.15. The summed E-state index contributed by atoms with van der Waals surface area (Å²) in [4.78, 5) is 0. The molecule has 0 saturated carbocycles. The fourth-order valence-corrected chi connectivity index (χ4v) is 0. The molecule has 0 aromatic heterocycles. The van der Waals surface area contributed by atoms with E-state index in [0.29, 0.717) is 0 Å². The average molecular weight is 197 g/mol. The quantitative estimate of drug-likeness (QED) is 0.401. The van der Waals surface area contributed by atoms with Crippen LogP contribution < -0.4 is 0 Å². The number of hydrogen-bond donors (Lipinski definition) is 0. The smallest absolute Gasteiger partial charge is 0.0931 e. The molecule has 0 atom stereocenters. The second-order valence-corrected chi connectivity index (χ2v) is 1.39. The van der Waals surface area contributed by atoms with Crippen molar-refractivity contribution in [1.29, 1.82) is 0 Å². The van der Waals surface area contributed by atoms with Crippen molar-refractivity contribution in [2.45, 2.75) is 6.92 Å². The molecule has 0 aromatic rings. The Kier molecular flexibility index (Phi) is 20.8. The summed E-state index contributed by atoms with van der Waals surface area (Å²) in [6.07, 6.45) is 0. The van der Waals surface area contributed by atoms with E-state index >= 15 is 0 Å². The first-order chi connectivity index (χ1) is 1.41. The molecule has 2 heteroatoms. The van der Waals surface area contributed by atoms with Crippen molar-refractivity contribution in [2.75, 3.05) is 5.33 Å². The SMILES string of the molecule is CCBr.[Sr+2]. The second-order valence-electron chi connectivity index (χ2n) is 0.267. The molecule has 0 radical (unpaired) electrons. The third kappa shape index (κ3) is 9.03. The molecule has 0 aromatic carbocycles. The van der Waals surface area contributed by atoms with Crippen LogP contribution in [0.15, 0.2) is 0 Å². The summed E-state index contributed by atoms with van der Waals surface area (Å²) in [6, 6.07) is 0. The molecule has 0 heterocycles. The van der Waals surface area contributed by atoms with E-state index in [-0.39, 0.29) is 45.5 Å². The third-order valence-corrected chi connectivity index (χ3v) is 0. The van der Waals surface area contributed by atoms with Crippen molar-refractivity contribution in [3.63, 3.8) is 0 Å². The van der Waals surface area contributed by atoms with Crippen molar-refractivity contribution in [3.05, 3.63) is 0 Å². The summed E-state index contributed by atoms with van der Waals surface area (Å²) in [5, 5.41) is 1.06. The van der Waals surface area contributed by atoms with E-state index in [1.54, 1.807) is 0 Å². The molecule has 0 unspecified atom stereocenters. The Morgan fingerprint density at radius 3 is 1.75 bits per heavy atom. The molecular weight excluding hydrogens is 192 g/mol. The minimum Gasteiger partial charge on any atom is -0.0931 e. The Bertz CT molecular complexity index is 6.00. The van der Waals surface area contributed by atoms with Crippen LogP contribution >= 0.6 is 15.9 Å². The van der Waals surface area contributed by atoms with Gasteiger partial charge >= 0.3 is 45.5 Å². The van der Waals surface area contributed by atoms with Crippen LogP contribution in [0.25, 0.3) is 0 Å². The van der Waals surface area contributed by atoms with Crippen LogP contribution in [-0.4, -0.2) is 50.8 Å². The first-order valence-corrected chi connectivity index (χ1v) is 2.10. The minimum atomic E-state index is 0. The van der Waals surface area contributed by atoms with Crippen LogP contribution in [0.4, 0.5) is 0 Å². The molecule has 0 bridgehead atoms. The fourth-order valence-electron chi connectivity index (χ4n) is 0. The predicted molar refractivity (Wildman–Crippen MR) is 25.2 cm³/mol. The van der Waals surface area contributed by atoms with Gasteiger partial charge in [0.1, 0.15) is 0 Å². The zero-order valence-corrected chi connectivity index (χ0v) is 7.85. The van der Waals surface area contributed by atoms with Gasteiger partial charge in [0, 0.05) is 5.33 Å². The van der Waals surface area contributed by atoms with Gasteiger partial charge in [-0.3, -0.25) is 0 Å². The van der Waals surface area contributed by atoms with E-state index in [2.05, 4.69) is 15.9 Å². The predicted octanol–water partition coefficient (Wildman–Crippen LogP) is 1.02. The Labute approximate surface area is 72.4 Å². The van der Waals surface area contributed by atoms with Gasteiger partial charge in [0.15, 0.2) is 0 Å². The zero-order chi connectivity index (χ0) is 2.71. The van der Waals surface area contributed by atoms with E-state index in [1.807, 2.05) is 6.92 Å². The van der Waals surface area contributed by atoms with Gasteiger partial charge in [0.05, 0.1) is 0 Å². The molecule has 0 fully saturated rings. The minimum absolute atomic E-state index is 0. The van der Waals surface area contributed by atoms with E-state index in [9.17, 15) is 0 Å². The number of hydrogen-bond acceptors (Lipinski definition) is 0. The van der Waals surface area contributed by atoms with E-state index in [4.69, 9.17) is 0 Å². The van der Waals surface area contributed by atoms with Crippen LogP contribution in [-0.2, 0) is 0 Å².